The van der Waals surface area contributed by atoms with Crippen molar-refractivity contribution in [3.63, 3.8) is 0 Å². The topological polar surface area (TPSA) is 148 Å². The van der Waals surface area contributed by atoms with Gasteiger partial charge in [0, 0.05) is 36.4 Å². The van der Waals surface area contributed by atoms with Gasteiger partial charge in [0.05, 0.1) is 16.1 Å². The third kappa shape index (κ3) is 4.63. The highest BCUT2D eigenvalue weighted by Gasteiger charge is 2.34. The molecule has 11 nitrogen and oxygen atoms in total. The van der Waals surface area contributed by atoms with Gasteiger partial charge in [-0.05, 0) is 42.7 Å². The van der Waals surface area contributed by atoms with E-state index < -0.39 is 21.8 Å². The molecule has 1 fully saturated rings. The highest BCUT2D eigenvalue weighted by molar-refractivity contribution is 5.98. The lowest BCUT2D eigenvalue weighted by molar-refractivity contribution is -0.385. The molecule has 1 N–H and O–H groups in total. The van der Waals surface area contributed by atoms with Crippen molar-refractivity contribution >= 4 is 29.4 Å². The number of carbonyl (C=O) groups is 2. The first-order valence-corrected chi connectivity index (χ1v) is 8.99. The Morgan fingerprint density at radius 2 is 1.57 bits per heavy atom. The first-order valence-electron chi connectivity index (χ1n) is 8.99. The van der Waals surface area contributed by atoms with Gasteiger partial charge in [0.15, 0.2) is 0 Å². The van der Waals surface area contributed by atoms with Gasteiger partial charge in [0.2, 0.25) is 0 Å². The number of amides is 2. The summed E-state index contributed by atoms with van der Waals surface area (Å²) in [5.41, 5.74) is 3.03. The lowest BCUT2D eigenvalue weighted by atomic mass is 10.1. The highest BCUT2D eigenvalue weighted by atomic mass is 16.6. The van der Waals surface area contributed by atoms with E-state index in [2.05, 4.69) is 10.5 Å². The van der Waals surface area contributed by atoms with Crippen LogP contribution in [0.25, 0.3) is 0 Å². The molecule has 0 radical (unpaired) electrons. The van der Waals surface area contributed by atoms with Crippen LogP contribution in [0.2, 0.25) is 0 Å². The second-order valence-corrected chi connectivity index (χ2v) is 6.54. The minimum Gasteiger partial charge on any atom is -0.327 e. The first kappa shape index (κ1) is 20.6. The fourth-order valence-electron chi connectivity index (χ4n) is 3.10. The van der Waals surface area contributed by atoms with Gasteiger partial charge in [-0.25, -0.2) is 5.43 Å². The number of hydrogen-bond acceptors (Lipinski definition) is 7. The number of non-ortho nitro benzene ring substituents is 2. The first-order chi connectivity index (χ1) is 14.4. The molecule has 0 bridgehead atoms. The molecule has 30 heavy (non-hydrogen) atoms. The Morgan fingerprint density at radius 1 is 1.00 bits per heavy atom. The van der Waals surface area contributed by atoms with Crippen LogP contribution in [0.15, 0.2) is 53.6 Å². The Hall–Kier alpha value is -4.15. The van der Waals surface area contributed by atoms with Gasteiger partial charge in [-0.3, -0.25) is 29.8 Å². The van der Waals surface area contributed by atoms with E-state index in [-0.39, 0.29) is 22.8 Å². The number of rotatable bonds is 6. The molecule has 154 valence electrons. The van der Waals surface area contributed by atoms with Gasteiger partial charge in [-0.1, -0.05) is 0 Å². The third-order valence-electron chi connectivity index (χ3n) is 4.63. The second kappa shape index (κ2) is 8.90. The zero-order chi connectivity index (χ0) is 21.7. The molecule has 11 heteroatoms. The number of carbonyl (C=O) groups excluding carboxylic acids is 2. The monoisotopic (exact) mass is 411 g/mol. The van der Waals surface area contributed by atoms with Crippen LogP contribution < -0.4 is 5.43 Å². The normalized spacial score (nSPS) is 15.9. The summed E-state index contributed by atoms with van der Waals surface area (Å²) >= 11 is 0. The molecule has 1 aliphatic rings. The van der Waals surface area contributed by atoms with Crippen LogP contribution in [0, 0.1) is 20.2 Å². The van der Waals surface area contributed by atoms with Gasteiger partial charge < -0.3 is 4.90 Å². The van der Waals surface area contributed by atoms with Crippen molar-refractivity contribution in [3.05, 3.63) is 79.9 Å². The molecular weight excluding hydrogens is 394 g/mol. The van der Waals surface area contributed by atoms with E-state index in [4.69, 9.17) is 0 Å². The molecule has 1 atom stereocenters. The molecule has 1 aliphatic heterocycles. The predicted molar refractivity (Wildman–Crippen MR) is 106 cm³/mol. The summed E-state index contributed by atoms with van der Waals surface area (Å²) in [5.74, 6) is -0.845. The van der Waals surface area contributed by atoms with Gasteiger partial charge in [-0.15, -0.1) is 0 Å². The number of benzene rings is 2. The number of hydrogen-bond donors (Lipinski definition) is 1. The number of nitro groups is 2. The number of nitro benzene ring substituents is 2. The Morgan fingerprint density at radius 3 is 2.13 bits per heavy atom. The smallest absolute Gasteiger partial charge is 0.269 e. The number of nitrogens with one attached hydrogen (secondary N) is 1. The summed E-state index contributed by atoms with van der Waals surface area (Å²) in [6, 6.07) is 10.1. The Bertz CT molecular complexity index is 1000. The van der Waals surface area contributed by atoms with Gasteiger partial charge in [0.1, 0.15) is 6.04 Å². The summed E-state index contributed by atoms with van der Waals surface area (Å²) in [6.07, 6.45) is 2.46. The fourth-order valence-corrected chi connectivity index (χ4v) is 3.10. The third-order valence-corrected chi connectivity index (χ3v) is 4.63. The van der Waals surface area contributed by atoms with E-state index in [1.54, 1.807) is 0 Å². The predicted octanol–water partition coefficient (Wildman–Crippen LogP) is 2.26. The zero-order valence-corrected chi connectivity index (χ0v) is 15.6. The summed E-state index contributed by atoms with van der Waals surface area (Å²) in [7, 11) is 0. The quantitative estimate of drug-likeness (QED) is 0.438. The van der Waals surface area contributed by atoms with E-state index in [0.717, 1.165) is 0 Å². The SMILES string of the molecule is O=C(N/N=C\c1ccc([N+](=O)[O-])cc1)[C@H]1CCCN1C(=O)c1ccc([N+](=O)[O-])cc1. The van der Waals surface area contributed by atoms with Gasteiger partial charge in [-0.2, -0.15) is 5.10 Å². The minimum atomic E-state index is -0.707. The number of likely N-dealkylation sites (tertiary alicyclic amines) is 1. The maximum Gasteiger partial charge on any atom is 0.269 e. The summed E-state index contributed by atoms with van der Waals surface area (Å²) in [5, 5.41) is 25.2. The number of hydrazone groups is 1. The molecule has 0 spiro atoms. The van der Waals surface area contributed by atoms with E-state index in [1.807, 2.05) is 0 Å². The molecular formula is C19H17N5O6. The largest absolute Gasteiger partial charge is 0.327 e. The summed E-state index contributed by atoms with van der Waals surface area (Å²) < 4.78 is 0. The van der Waals surface area contributed by atoms with Crippen LogP contribution in [0.3, 0.4) is 0 Å². The van der Waals surface area contributed by atoms with E-state index in [1.165, 1.54) is 59.6 Å². The fraction of sp³-hybridized carbons (Fsp3) is 0.211. The van der Waals surface area contributed by atoms with Crippen molar-refractivity contribution in [2.24, 2.45) is 5.10 Å². The number of nitrogens with zero attached hydrogens (tertiary/aromatic N) is 4. The molecule has 0 saturated carbocycles. The lowest BCUT2D eigenvalue weighted by Crippen LogP contribution is -2.44. The van der Waals surface area contributed by atoms with Crippen LogP contribution in [0.1, 0.15) is 28.8 Å². The summed E-state index contributed by atoms with van der Waals surface area (Å²) in [6.45, 7) is 0.389. The van der Waals surface area contributed by atoms with Crippen LogP contribution >= 0.6 is 0 Å². The Balaban J connectivity index is 1.62. The molecule has 2 aromatic rings. The average molecular weight is 411 g/mol. The lowest BCUT2D eigenvalue weighted by Gasteiger charge is -2.23. The molecule has 2 aromatic carbocycles. The second-order valence-electron chi connectivity index (χ2n) is 6.54. The van der Waals surface area contributed by atoms with Crippen LogP contribution in [-0.4, -0.2) is 45.4 Å². The molecule has 1 heterocycles. The maximum absolute atomic E-state index is 12.7. The van der Waals surface area contributed by atoms with Crippen molar-refractivity contribution in [2.45, 2.75) is 18.9 Å². The average Bonchev–Trinajstić information content (AvgIpc) is 3.23. The van der Waals surface area contributed by atoms with Gasteiger partial charge in [0.25, 0.3) is 23.2 Å². The van der Waals surface area contributed by atoms with Crippen molar-refractivity contribution in [1.29, 1.82) is 0 Å². The van der Waals surface area contributed by atoms with Crippen LogP contribution in [0.5, 0.6) is 0 Å². The van der Waals surface area contributed by atoms with E-state index in [9.17, 15) is 29.8 Å². The maximum atomic E-state index is 12.7. The molecule has 0 aromatic heterocycles. The molecule has 3 rings (SSSR count). The summed E-state index contributed by atoms with van der Waals surface area (Å²) in [4.78, 5) is 46.9. The van der Waals surface area contributed by atoms with Crippen LogP contribution in [0.4, 0.5) is 11.4 Å². The molecule has 1 saturated heterocycles. The molecule has 0 aliphatic carbocycles. The van der Waals surface area contributed by atoms with Crippen molar-refractivity contribution in [3.8, 4) is 0 Å². The standard InChI is InChI=1S/C19H17N5O6/c25-18(21-20-12-13-3-7-15(8-4-13)23(27)28)17-2-1-11-22(17)19(26)14-5-9-16(10-6-14)24(29)30/h3-10,12,17H,1-2,11H2,(H,21,25)/b20-12-/t17-/m1/s1. The Labute approximate surface area is 170 Å². The highest BCUT2D eigenvalue weighted by Crippen LogP contribution is 2.21. The van der Waals surface area contributed by atoms with Crippen molar-refractivity contribution < 1.29 is 19.4 Å². The Kier molecular flexibility index (Phi) is 6.11. The van der Waals surface area contributed by atoms with Crippen LogP contribution in [-0.2, 0) is 4.79 Å². The molecule has 2 amide bonds. The zero-order valence-electron chi connectivity index (χ0n) is 15.6. The molecule has 0 unspecified atom stereocenters. The van der Waals surface area contributed by atoms with Gasteiger partial charge >= 0.3 is 0 Å². The van der Waals surface area contributed by atoms with Crippen molar-refractivity contribution in [2.75, 3.05) is 6.54 Å². The van der Waals surface area contributed by atoms with Crippen molar-refractivity contribution in [1.82, 2.24) is 10.3 Å². The van der Waals surface area contributed by atoms with E-state index >= 15 is 0 Å². The minimum absolute atomic E-state index is 0.0532. The van der Waals surface area contributed by atoms with E-state index in [0.29, 0.717) is 24.9 Å².